The zero-order chi connectivity index (χ0) is 22.9. The summed E-state index contributed by atoms with van der Waals surface area (Å²) in [5.41, 5.74) is 0.918. The first-order valence-corrected chi connectivity index (χ1v) is 11.4. The average Bonchev–Trinajstić information content (AvgIpc) is 3.25. The number of hydrogen-bond acceptors (Lipinski definition) is 7. The van der Waals surface area contributed by atoms with Gasteiger partial charge in [-0.05, 0) is 25.1 Å². The summed E-state index contributed by atoms with van der Waals surface area (Å²) in [7, 11) is -4.10. The zero-order valence-electron chi connectivity index (χ0n) is 17.4. The number of aromatic nitrogens is 4. The van der Waals surface area contributed by atoms with Crippen molar-refractivity contribution in [3.05, 3.63) is 60.3 Å². The molecule has 1 aromatic carbocycles. The fourth-order valence-electron chi connectivity index (χ4n) is 3.55. The lowest BCUT2D eigenvalue weighted by molar-refractivity contribution is 0.0746. The largest absolute Gasteiger partial charge is 0.353 e. The van der Waals surface area contributed by atoms with Gasteiger partial charge in [0.25, 0.3) is 11.7 Å². The van der Waals surface area contributed by atoms with Crippen LogP contribution in [0.15, 0.2) is 48.1 Å². The van der Waals surface area contributed by atoms with E-state index < -0.39 is 20.7 Å². The van der Waals surface area contributed by atoms with E-state index >= 15 is 0 Å². The van der Waals surface area contributed by atoms with Crippen LogP contribution in [0.1, 0.15) is 16.1 Å². The molecule has 0 bridgehead atoms. The van der Waals surface area contributed by atoms with Crippen molar-refractivity contribution in [3.63, 3.8) is 0 Å². The molecule has 0 saturated carbocycles. The molecule has 0 atom stereocenters. The SMILES string of the molecule is C=CCNS(=O)(=O)c1cc(C(=O)N2CCN(c3cc(C)nc4ncnn34)CC2)ccc1F. The van der Waals surface area contributed by atoms with E-state index in [-0.39, 0.29) is 18.0 Å². The number of aryl methyl sites for hydroxylation is 1. The molecule has 1 fully saturated rings. The summed E-state index contributed by atoms with van der Waals surface area (Å²) in [6, 6.07) is 5.27. The number of sulfonamides is 1. The van der Waals surface area contributed by atoms with Crippen molar-refractivity contribution in [1.82, 2.24) is 29.2 Å². The minimum Gasteiger partial charge on any atom is -0.353 e. The molecule has 1 amide bonds. The maximum Gasteiger partial charge on any atom is 0.254 e. The molecule has 2 aromatic heterocycles. The van der Waals surface area contributed by atoms with Crippen molar-refractivity contribution < 1.29 is 17.6 Å². The molecule has 4 rings (SSSR count). The molecule has 0 spiro atoms. The predicted molar refractivity (Wildman–Crippen MR) is 115 cm³/mol. The number of hydrogen-bond donors (Lipinski definition) is 1. The van der Waals surface area contributed by atoms with Crippen LogP contribution < -0.4 is 9.62 Å². The quantitative estimate of drug-likeness (QED) is 0.547. The summed E-state index contributed by atoms with van der Waals surface area (Å²) in [6.45, 7) is 7.16. The van der Waals surface area contributed by atoms with Gasteiger partial charge in [0.15, 0.2) is 0 Å². The van der Waals surface area contributed by atoms with Gasteiger partial charge in [-0.3, -0.25) is 4.79 Å². The van der Waals surface area contributed by atoms with Gasteiger partial charge in [-0.1, -0.05) is 6.08 Å². The highest BCUT2D eigenvalue weighted by Crippen LogP contribution is 2.21. The summed E-state index contributed by atoms with van der Waals surface area (Å²) in [4.78, 5) is 24.6. The third-order valence-corrected chi connectivity index (χ3v) is 6.58. The average molecular weight is 460 g/mol. The number of amides is 1. The number of carbonyl (C=O) groups excluding carboxylic acids is 1. The highest BCUT2D eigenvalue weighted by atomic mass is 32.2. The van der Waals surface area contributed by atoms with Crippen LogP contribution in [0.3, 0.4) is 0 Å². The minimum absolute atomic E-state index is 0.0462. The lowest BCUT2D eigenvalue weighted by Crippen LogP contribution is -2.49. The minimum atomic E-state index is -4.10. The number of halogens is 1. The Morgan fingerprint density at radius 1 is 1.25 bits per heavy atom. The smallest absolute Gasteiger partial charge is 0.254 e. The van der Waals surface area contributed by atoms with Gasteiger partial charge in [0.05, 0.1) is 0 Å². The van der Waals surface area contributed by atoms with Gasteiger partial charge in [-0.2, -0.15) is 14.6 Å². The summed E-state index contributed by atoms with van der Waals surface area (Å²) in [6.07, 6.45) is 2.79. The van der Waals surface area contributed by atoms with Crippen LogP contribution in [0, 0.1) is 12.7 Å². The molecule has 1 aliphatic heterocycles. The molecule has 168 valence electrons. The lowest BCUT2D eigenvalue weighted by atomic mass is 10.1. The zero-order valence-corrected chi connectivity index (χ0v) is 18.2. The number of anilines is 1. The standard InChI is InChI=1S/C20H22FN7O3S/c1-3-6-24-32(30,31)17-12-15(4-5-16(17)21)19(29)27-9-7-26(8-10-27)18-11-14(2)25-20-22-13-23-28(18)20/h3-5,11-13,24H,1,6-10H2,2H3. The van der Waals surface area contributed by atoms with Gasteiger partial charge in [0.2, 0.25) is 10.0 Å². The highest BCUT2D eigenvalue weighted by molar-refractivity contribution is 7.89. The fraction of sp³-hybridized carbons (Fsp3) is 0.300. The van der Waals surface area contributed by atoms with Crippen molar-refractivity contribution >= 4 is 27.5 Å². The van der Waals surface area contributed by atoms with E-state index in [1.165, 1.54) is 18.5 Å². The van der Waals surface area contributed by atoms with Crippen LogP contribution in [0.25, 0.3) is 5.78 Å². The molecule has 32 heavy (non-hydrogen) atoms. The highest BCUT2D eigenvalue weighted by Gasteiger charge is 2.26. The second-order valence-corrected chi connectivity index (χ2v) is 9.03. The van der Waals surface area contributed by atoms with E-state index in [0.717, 1.165) is 23.6 Å². The molecule has 0 unspecified atom stereocenters. The second kappa shape index (κ2) is 8.63. The van der Waals surface area contributed by atoms with E-state index in [1.807, 2.05) is 13.0 Å². The first kappa shape index (κ1) is 21.8. The second-order valence-electron chi connectivity index (χ2n) is 7.29. The van der Waals surface area contributed by atoms with Gasteiger partial charge >= 0.3 is 0 Å². The number of nitrogens with zero attached hydrogens (tertiary/aromatic N) is 6. The Labute approximate surface area is 184 Å². The summed E-state index contributed by atoms with van der Waals surface area (Å²) in [5.74, 6) is 0.0543. The molecule has 3 aromatic rings. The molecule has 0 aliphatic carbocycles. The maximum absolute atomic E-state index is 14.2. The molecule has 10 nitrogen and oxygen atoms in total. The third kappa shape index (κ3) is 4.18. The normalized spacial score (nSPS) is 14.7. The number of nitrogens with one attached hydrogen (secondary N) is 1. The van der Waals surface area contributed by atoms with E-state index in [1.54, 1.807) is 9.42 Å². The lowest BCUT2D eigenvalue weighted by Gasteiger charge is -2.36. The Kier molecular flexibility index (Phi) is 5.89. The van der Waals surface area contributed by atoms with E-state index in [0.29, 0.717) is 32.0 Å². The molecule has 1 aliphatic rings. The van der Waals surface area contributed by atoms with Crippen LogP contribution >= 0.6 is 0 Å². The Morgan fingerprint density at radius 3 is 2.72 bits per heavy atom. The number of carbonyl (C=O) groups is 1. The molecule has 1 N–H and O–H groups in total. The Balaban J connectivity index is 1.51. The monoisotopic (exact) mass is 459 g/mol. The van der Waals surface area contributed by atoms with Gasteiger partial charge in [0.1, 0.15) is 22.9 Å². The van der Waals surface area contributed by atoms with E-state index in [2.05, 4.69) is 31.3 Å². The number of fused-ring (bicyclic) bond motifs is 1. The molecule has 3 heterocycles. The number of piperazine rings is 1. The van der Waals surface area contributed by atoms with Gasteiger partial charge in [-0.15, -0.1) is 6.58 Å². The van der Waals surface area contributed by atoms with Crippen molar-refractivity contribution in [3.8, 4) is 0 Å². The van der Waals surface area contributed by atoms with Crippen molar-refractivity contribution in [2.24, 2.45) is 0 Å². The topological polar surface area (TPSA) is 113 Å². The van der Waals surface area contributed by atoms with E-state index in [9.17, 15) is 17.6 Å². The van der Waals surface area contributed by atoms with Crippen LogP contribution in [0.4, 0.5) is 10.2 Å². The molecule has 1 saturated heterocycles. The van der Waals surface area contributed by atoms with Crippen molar-refractivity contribution in [2.45, 2.75) is 11.8 Å². The Morgan fingerprint density at radius 2 is 2.00 bits per heavy atom. The van der Waals surface area contributed by atoms with Crippen LogP contribution in [0.5, 0.6) is 0 Å². The van der Waals surface area contributed by atoms with E-state index in [4.69, 9.17) is 0 Å². The van der Waals surface area contributed by atoms with Crippen molar-refractivity contribution in [2.75, 3.05) is 37.6 Å². The summed E-state index contributed by atoms with van der Waals surface area (Å²) in [5, 5.41) is 4.22. The maximum atomic E-state index is 14.2. The molecular weight excluding hydrogens is 437 g/mol. The fourth-order valence-corrected chi connectivity index (χ4v) is 4.65. The third-order valence-electron chi connectivity index (χ3n) is 5.14. The Hall–Kier alpha value is -3.38. The first-order chi connectivity index (χ1) is 15.3. The predicted octanol–water partition coefficient (Wildman–Crippen LogP) is 0.999. The van der Waals surface area contributed by atoms with Gasteiger partial charge in [-0.25, -0.2) is 22.5 Å². The Bertz CT molecular complexity index is 1280. The summed E-state index contributed by atoms with van der Waals surface area (Å²) < 4.78 is 42.7. The molecule has 12 heteroatoms. The van der Waals surface area contributed by atoms with Crippen LogP contribution in [0.2, 0.25) is 0 Å². The first-order valence-electron chi connectivity index (χ1n) is 9.92. The molecule has 0 radical (unpaired) electrons. The number of benzene rings is 1. The van der Waals surface area contributed by atoms with Gasteiger partial charge in [0, 0.05) is 50.0 Å². The number of rotatable bonds is 6. The van der Waals surface area contributed by atoms with Crippen LogP contribution in [-0.2, 0) is 10.0 Å². The summed E-state index contributed by atoms with van der Waals surface area (Å²) >= 11 is 0. The van der Waals surface area contributed by atoms with Gasteiger partial charge < -0.3 is 9.80 Å². The van der Waals surface area contributed by atoms with Crippen molar-refractivity contribution in [1.29, 1.82) is 0 Å². The van der Waals surface area contributed by atoms with Crippen LogP contribution in [-0.4, -0.2) is 71.5 Å². The molecular formula is C20H22FN7O3S.